The van der Waals surface area contributed by atoms with Crippen molar-refractivity contribution in [3.63, 3.8) is 0 Å². The van der Waals surface area contributed by atoms with Gasteiger partial charge in [-0.3, -0.25) is 0 Å². The summed E-state index contributed by atoms with van der Waals surface area (Å²) in [7, 11) is 0. The molecule has 0 aromatic carbocycles. The molecule has 0 radical (unpaired) electrons. The van der Waals surface area contributed by atoms with Gasteiger partial charge in [0.15, 0.2) is 0 Å². The minimum absolute atomic E-state index is 0. The summed E-state index contributed by atoms with van der Waals surface area (Å²) in [5.41, 5.74) is 0. The Morgan fingerprint density at radius 3 is 1.93 bits per heavy atom. The van der Waals surface area contributed by atoms with Gasteiger partial charge in [-0.25, -0.2) is 0 Å². The molecule has 1 heteroatoms. The Bertz CT molecular complexity index is 199. The minimum atomic E-state index is 0. The van der Waals surface area contributed by atoms with E-state index in [4.69, 9.17) is 0 Å². The van der Waals surface area contributed by atoms with E-state index in [9.17, 15) is 0 Å². The van der Waals surface area contributed by atoms with E-state index in [-0.39, 0.29) is 20.3 Å². The van der Waals surface area contributed by atoms with E-state index >= 15 is 0 Å². The summed E-state index contributed by atoms with van der Waals surface area (Å²) in [5.74, 6) is 5.47. The van der Waals surface area contributed by atoms with Crippen molar-refractivity contribution >= 4 is 0 Å². The van der Waals surface area contributed by atoms with E-state index in [1.54, 1.807) is 32.1 Å². The SMILES string of the molecule is C=CCC1C2CC3CC(C2)CC1C3.[H-].[Li+]. The van der Waals surface area contributed by atoms with Crippen LogP contribution in [0.1, 0.15) is 40.0 Å². The van der Waals surface area contributed by atoms with Gasteiger partial charge < -0.3 is 1.43 Å². The van der Waals surface area contributed by atoms with Crippen LogP contribution in [0.25, 0.3) is 0 Å². The molecule has 4 bridgehead atoms. The summed E-state index contributed by atoms with van der Waals surface area (Å²) < 4.78 is 0. The smallest absolute Gasteiger partial charge is 1.00 e. The molecular formula is C13H21Li. The predicted octanol–water partition coefficient (Wildman–Crippen LogP) is 0.751. The van der Waals surface area contributed by atoms with Crippen LogP contribution in [0.3, 0.4) is 0 Å². The Morgan fingerprint density at radius 2 is 1.50 bits per heavy atom. The molecule has 0 atom stereocenters. The van der Waals surface area contributed by atoms with Crippen LogP contribution in [-0.4, -0.2) is 0 Å². The summed E-state index contributed by atoms with van der Waals surface area (Å²) in [5, 5.41) is 0. The third-order valence-corrected chi connectivity index (χ3v) is 4.86. The summed E-state index contributed by atoms with van der Waals surface area (Å²) >= 11 is 0. The molecule has 0 spiro atoms. The fourth-order valence-electron chi connectivity index (χ4n) is 4.62. The molecule has 0 aliphatic heterocycles. The Hall–Kier alpha value is 0.337. The van der Waals surface area contributed by atoms with Crippen molar-refractivity contribution in [1.29, 1.82) is 0 Å². The van der Waals surface area contributed by atoms with Gasteiger partial charge in [0.25, 0.3) is 0 Å². The van der Waals surface area contributed by atoms with Crippen LogP contribution < -0.4 is 18.9 Å². The molecule has 0 saturated heterocycles. The minimum Gasteiger partial charge on any atom is -1.00 e. The van der Waals surface area contributed by atoms with E-state index in [2.05, 4.69) is 12.7 Å². The second-order valence-corrected chi connectivity index (χ2v) is 5.62. The average molecular weight is 184 g/mol. The molecule has 0 aromatic heterocycles. The van der Waals surface area contributed by atoms with Crippen molar-refractivity contribution in [2.75, 3.05) is 0 Å². The van der Waals surface area contributed by atoms with E-state index in [0.717, 1.165) is 29.6 Å². The molecule has 0 unspecified atom stereocenters. The van der Waals surface area contributed by atoms with Gasteiger partial charge in [0.05, 0.1) is 0 Å². The molecule has 4 fully saturated rings. The predicted molar refractivity (Wildman–Crippen MR) is 56.5 cm³/mol. The molecule has 0 N–H and O–H groups in total. The molecule has 4 aliphatic rings. The summed E-state index contributed by atoms with van der Waals surface area (Å²) in [6.45, 7) is 3.91. The molecule has 4 aliphatic carbocycles. The maximum absolute atomic E-state index is 3.91. The monoisotopic (exact) mass is 184 g/mol. The first-order valence-corrected chi connectivity index (χ1v) is 5.97. The van der Waals surface area contributed by atoms with Crippen molar-refractivity contribution in [2.24, 2.45) is 29.6 Å². The second-order valence-electron chi connectivity index (χ2n) is 5.62. The van der Waals surface area contributed by atoms with Crippen LogP contribution in [0.4, 0.5) is 0 Å². The van der Waals surface area contributed by atoms with E-state index < -0.39 is 0 Å². The normalized spacial score (nSPS) is 48.7. The van der Waals surface area contributed by atoms with Crippen molar-refractivity contribution in [3.05, 3.63) is 12.7 Å². The van der Waals surface area contributed by atoms with Crippen LogP contribution in [0, 0.1) is 29.6 Å². The van der Waals surface area contributed by atoms with Gasteiger partial charge in [0.2, 0.25) is 0 Å². The molecule has 0 aromatic rings. The van der Waals surface area contributed by atoms with Crippen LogP contribution in [-0.2, 0) is 0 Å². The third kappa shape index (κ3) is 1.61. The first-order valence-electron chi connectivity index (χ1n) is 5.97. The molecule has 14 heavy (non-hydrogen) atoms. The first kappa shape index (κ1) is 10.8. The van der Waals surface area contributed by atoms with Gasteiger partial charge in [-0.1, -0.05) is 6.08 Å². The van der Waals surface area contributed by atoms with E-state index in [1.165, 1.54) is 6.42 Å². The van der Waals surface area contributed by atoms with Gasteiger partial charge in [0.1, 0.15) is 0 Å². The van der Waals surface area contributed by atoms with Gasteiger partial charge in [-0.05, 0) is 68.1 Å². The van der Waals surface area contributed by atoms with Crippen molar-refractivity contribution in [1.82, 2.24) is 0 Å². The molecular weight excluding hydrogens is 163 g/mol. The molecule has 74 valence electrons. The van der Waals surface area contributed by atoms with E-state index in [0.29, 0.717) is 0 Å². The fourth-order valence-corrected chi connectivity index (χ4v) is 4.62. The Morgan fingerprint density at radius 1 is 1.00 bits per heavy atom. The van der Waals surface area contributed by atoms with Crippen LogP contribution in [0.5, 0.6) is 0 Å². The zero-order valence-corrected chi connectivity index (χ0v) is 9.41. The number of hydrogen-bond acceptors (Lipinski definition) is 0. The summed E-state index contributed by atoms with van der Waals surface area (Å²) in [6, 6.07) is 0. The van der Waals surface area contributed by atoms with Crippen LogP contribution in [0.2, 0.25) is 0 Å². The Labute approximate surface area is 101 Å². The zero-order valence-electron chi connectivity index (χ0n) is 10.4. The fraction of sp³-hybridized carbons (Fsp3) is 0.846. The zero-order chi connectivity index (χ0) is 8.84. The average Bonchev–Trinajstić information content (AvgIpc) is 2.10. The Balaban J connectivity index is 0.000000562. The number of allylic oxidation sites excluding steroid dienone is 1. The largest absolute Gasteiger partial charge is 1.00 e. The number of hydrogen-bond donors (Lipinski definition) is 0. The van der Waals surface area contributed by atoms with E-state index in [1.807, 2.05) is 0 Å². The van der Waals surface area contributed by atoms with Crippen molar-refractivity contribution in [3.8, 4) is 0 Å². The van der Waals surface area contributed by atoms with Crippen LogP contribution in [0.15, 0.2) is 12.7 Å². The molecule has 0 heterocycles. The number of rotatable bonds is 2. The maximum atomic E-state index is 3.91. The van der Waals surface area contributed by atoms with Gasteiger partial charge in [0, 0.05) is 0 Å². The summed E-state index contributed by atoms with van der Waals surface area (Å²) in [4.78, 5) is 0. The van der Waals surface area contributed by atoms with Gasteiger partial charge >= 0.3 is 18.9 Å². The maximum Gasteiger partial charge on any atom is 1.00 e. The molecule has 0 amide bonds. The van der Waals surface area contributed by atoms with Crippen molar-refractivity contribution in [2.45, 2.75) is 38.5 Å². The standard InChI is InChI=1S/C13H20.Li.H/c1-2-3-13-11-5-9-4-10(7-11)8-12(13)6-9;;/h2,9-13H,1,3-8H2;;/q;+1;-1. The van der Waals surface area contributed by atoms with Gasteiger partial charge in [-0.15, -0.1) is 6.58 Å². The first-order chi connectivity index (χ1) is 6.36. The van der Waals surface area contributed by atoms with Crippen LogP contribution >= 0.6 is 0 Å². The molecule has 0 nitrogen and oxygen atoms in total. The molecule has 4 saturated carbocycles. The van der Waals surface area contributed by atoms with Gasteiger partial charge in [-0.2, -0.15) is 0 Å². The topological polar surface area (TPSA) is 0 Å². The summed E-state index contributed by atoms with van der Waals surface area (Å²) in [6.07, 6.45) is 11.3. The third-order valence-electron chi connectivity index (χ3n) is 4.86. The quantitative estimate of drug-likeness (QED) is 0.439. The Kier molecular flexibility index (Phi) is 3.15. The second kappa shape index (κ2) is 4.07. The molecule has 4 rings (SSSR count). The van der Waals surface area contributed by atoms with Crippen molar-refractivity contribution < 1.29 is 20.3 Å².